The summed E-state index contributed by atoms with van der Waals surface area (Å²) in [6.45, 7) is -0.0199. The van der Waals surface area contributed by atoms with Crippen molar-refractivity contribution in [3.63, 3.8) is 0 Å². The molecule has 2 aliphatic rings. The molecule has 1 aromatic rings. The van der Waals surface area contributed by atoms with Crippen molar-refractivity contribution in [3.05, 3.63) is 34.7 Å². The average molecular weight is 327 g/mol. The highest BCUT2D eigenvalue weighted by molar-refractivity contribution is 8.18. The van der Waals surface area contributed by atoms with Crippen LogP contribution in [0.2, 0.25) is 0 Å². The Morgan fingerprint density at radius 2 is 2.17 bits per heavy atom. The van der Waals surface area contributed by atoms with Crippen LogP contribution in [0.5, 0.6) is 5.75 Å². The quantitative estimate of drug-likeness (QED) is 0.862. The number of hydrogen-bond acceptors (Lipinski definition) is 5. The lowest BCUT2D eigenvalue weighted by Crippen LogP contribution is -2.21. The minimum Gasteiger partial charge on any atom is -0.478 e. The van der Waals surface area contributed by atoms with E-state index in [4.69, 9.17) is 10.00 Å². The molecule has 2 fully saturated rings. The lowest BCUT2D eigenvalue weighted by Gasteiger charge is -2.05. The van der Waals surface area contributed by atoms with Crippen LogP contribution >= 0.6 is 11.8 Å². The van der Waals surface area contributed by atoms with Crippen molar-refractivity contribution >= 4 is 28.9 Å². The Labute approximate surface area is 139 Å². The second-order valence-electron chi connectivity index (χ2n) is 5.42. The molecule has 118 valence electrons. The molecule has 6 heteroatoms. The molecule has 1 aliphatic heterocycles. The lowest BCUT2D eigenvalue weighted by atomic mass is 10.2. The number of amidine groups is 1. The van der Waals surface area contributed by atoms with E-state index in [0.717, 1.165) is 18.4 Å². The molecule has 1 saturated carbocycles. The highest BCUT2D eigenvalue weighted by atomic mass is 32.2. The predicted molar refractivity (Wildman–Crippen MR) is 91.0 cm³/mol. The molecule has 0 spiro atoms. The first-order valence-corrected chi connectivity index (χ1v) is 8.45. The van der Waals surface area contributed by atoms with Crippen LogP contribution in [0.15, 0.2) is 34.2 Å². The number of carbonyl (C=O) groups is 1. The SMILES string of the molecule is N#CCOc1ccccc1/C=C1\SC(=NC2CCCC2)NC1=O. The first-order valence-electron chi connectivity index (χ1n) is 7.64. The number of amides is 1. The number of nitrogens with zero attached hydrogens (tertiary/aromatic N) is 2. The first kappa shape index (κ1) is 15.6. The van der Waals surface area contributed by atoms with E-state index < -0.39 is 0 Å². The maximum atomic E-state index is 12.1. The molecule has 3 rings (SSSR count). The van der Waals surface area contributed by atoms with Gasteiger partial charge in [-0.1, -0.05) is 31.0 Å². The fourth-order valence-electron chi connectivity index (χ4n) is 2.67. The van der Waals surface area contributed by atoms with Crippen molar-refractivity contribution < 1.29 is 9.53 Å². The van der Waals surface area contributed by atoms with Crippen molar-refractivity contribution in [1.82, 2.24) is 5.32 Å². The van der Waals surface area contributed by atoms with Gasteiger partial charge in [0.1, 0.15) is 11.8 Å². The number of nitriles is 1. The Kier molecular flexibility index (Phi) is 4.99. The third-order valence-electron chi connectivity index (χ3n) is 3.77. The Bertz CT molecular complexity index is 700. The van der Waals surface area contributed by atoms with Crippen molar-refractivity contribution in [2.75, 3.05) is 6.61 Å². The minimum absolute atomic E-state index is 0.0199. The molecule has 23 heavy (non-hydrogen) atoms. The highest BCUT2D eigenvalue weighted by Crippen LogP contribution is 2.31. The largest absolute Gasteiger partial charge is 0.478 e. The maximum Gasteiger partial charge on any atom is 0.264 e. The zero-order valence-corrected chi connectivity index (χ0v) is 13.4. The van der Waals surface area contributed by atoms with Crippen LogP contribution in [0.25, 0.3) is 6.08 Å². The van der Waals surface area contributed by atoms with E-state index in [1.54, 1.807) is 12.1 Å². The van der Waals surface area contributed by atoms with E-state index in [1.807, 2.05) is 24.3 Å². The number of para-hydroxylation sites is 1. The summed E-state index contributed by atoms with van der Waals surface area (Å²) in [4.78, 5) is 17.3. The van der Waals surface area contributed by atoms with Gasteiger partial charge in [0.25, 0.3) is 5.91 Å². The molecule has 0 aromatic heterocycles. The third-order valence-corrected chi connectivity index (χ3v) is 4.70. The number of thioether (sulfide) groups is 1. The van der Waals surface area contributed by atoms with Crippen LogP contribution in [-0.2, 0) is 4.79 Å². The van der Waals surface area contributed by atoms with Crippen molar-refractivity contribution in [2.45, 2.75) is 31.7 Å². The number of ether oxygens (including phenoxy) is 1. The molecular weight excluding hydrogens is 310 g/mol. The molecule has 1 saturated heterocycles. The number of hydrogen-bond donors (Lipinski definition) is 1. The maximum absolute atomic E-state index is 12.1. The summed E-state index contributed by atoms with van der Waals surface area (Å²) in [7, 11) is 0. The summed E-state index contributed by atoms with van der Waals surface area (Å²) >= 11 is 1.36. The molecule has 1 heterocycles. The normalized spacial score (nSPS) is 21.6. The standard InChI is InChI=1S/C17H17N3O2S/c18-9-10-22-14-8-4-1-5-12(14)11-15-16(21)20-17(23-15)19-13-6-2-3-7-13/h1,4-5,8,11,13H,2-3,6-7,10H2,(H,19,20,21)/b15-11-. The summed E-state index contributed by atoms with van der Waals surface area (Å²) in [6, 6.07) is 9.64. The van der Waals surface area contributed by atoms with E-state index in [1.165, 1.54) is 24.6 Å². The molecule has 1 amide bonds. The van der Waals surface area contributed by atoms with Gasteiger partial charge in [0.15, 0.2) is 11.8 Å². The Morgan fingerprint density at radius 1 is 1.39 bits per heavy atom. The predicted octanol–water partition coefficient (Wildman–Crippen LogP) is 3.09. The molecule has 0 atom stereocenters. The number of aliphatic imine (C=N–C) groups is 1. The fraction of sp³-hybridized carbons (Fsp3) is 0.353. The number of carbonyl (C=O) groups excluding carboxylic acids is 1. The van der Waals surface area contributed by atoms with E-state index in [9.17, 15) is 4.79 Å². The molecule has 0 bridgehead atoms. The Balaban J connectivity index is 1.77. The number of rotatable bonds is 4. The van der Waals surface area contributed by atoms with Gasteiger partial charge in [-0.05, 0) is 36.7 Å². The van der Waals surface area contributed by atoms with Gasteiger partial charge in [-0.3, -0.25) is 9.79 Å². The smallest absolute Gasteiger partial charge is 0.264 e. The summed E-state index contributed by atoms with van der Waals surface area (Å²) in [5.74, 6) is 0.456. The summed E-state index contributed by atoms with van der Waals surface area (Å²) in [5.41, 5.74) is 0.780. The van der Waals surface area contributed by atoms with Gasteiger partial charge in [-0.15, -0.1) is 0 Å². The average Bonchev–Trinajstić information content (AvgIpc) is 3.17. The van der Waals surface area contributed by atoms with Gasteiger partial charge in [-0.25, -0.2) is 0 Å². The van der Waals surface area contributed by atoms with E-state index >= 15 is 0 Å². The van der Waals surface area contributed by atoms with E-state index in [0.29, 0.717) is 21.9 Å². The highest BCUT2D eigenvalue weighted by Gasteiger charge is 2.25. The van der Waals surface area contributed by atoms with Gasteiger partial charge in [0.05, 0.1) is 10.9 Å². The number of nitrogens with one attached hydrogen (secondary N) is 1. The van der Waals surface area contributed by atoms with Crippen molar-refractivity contribution in [2.24, 2.45) is 4.99 Å². The number of benzene rings is 1. The zero-order chi connectivity index (χ0) is 16.1. The second-order valence-corrected chi connectivity index (χ2v) is 6.45. The third kappa shape index (κ3) is 3.93. The Morgan fingerprint density at radius 3 is 2.96 bits per heavy atom. The summed E-state index contributed by atoms with van der Waals surface area (Å²) in [5, 5.41) is 12.2. The minimum atomic E-state index is -0.137. The molecule has 1 N–H and O–H groups in total. The molecule has 0 unspecified atom stereocenters. The molecule has 0 radical (unpaired) electrons. The van der Waals surface area contributed by atoms with Crippen LogP contribution in [0.1, 0.15) is 31.2 Å². The van der Waals surface area contributed by atoms with Crippen LogP contribution in [0.4, 0.5) is 0 Å². The van der Waals surface area contributed by atoms with Crippen molar-refractivity contribution in [3.8, 4) is 11.8 Å². The van der Waals surface area contributed by atoms with Gasteiger partial charge in [0.2, 0.25) is 0 Å². The lowest BCUT2D eigenvalue weighted by molar-refractivity contribution is -0.115. The molecule has 5 nitrogen and oxygen atoms in total. The zero-order valence-electron chi connectivity index (χ0n) is 12.6. The van der Waals surface area contributed by atoms with Gasteiger partial charge in [0, 0.05) is 5.56 Å². The van der Waals surface area contributed by atoms with Crippen LogP contribution < -0.4 is 10.1 Å². The van der Waals surface area contributed by atoms with Gasteiger partial charge >= 0.3 is 0 Å². The summed E-state index contributed by atoms with van der Waals surface area (Å²) in [6.07, 6.45) is 6.41. The van der Waals surface area contributed by atoms with Gasteiger partial charge in [-0.2, -0.15) is 5.26 Å². The van der Waals surface area contributed by atoms with Crippen LogP contribution in [0, 0.1) is 11.3 Å². The molecule has 1 aliphatic carbocycles. The van der Waals surface area contributed by atoms with Crippen molar-refractivity contribution in [1.29, 1.82) is 5.26 Å². The molecular formula is C17H17N3O2S. The monoisotopic (exact) mass is 327 g/mol. The summed E-state index contributed by atoms with van der Waals surface area (Å²) < 4.78 is 5.39. The van der Waals surface area contributed by atoms with Crippen LogP contribution in [0.3, 0.4) is 0 Å². The van der Waals surface area contributed by atoms with Gasteiger partial charge < -0.3 is 10.1 Å². The van der Waals surface area contributed by atoms with E-state index in [2.05, 4.69) is 10.3 Å². The Hall–Kier alpha value is -2.26. The topological polar surface area (TPSA) is 74.5 Å². The first-order chi connectivity index (χ1) is 11.3. The molecule has 1 aromatic carbocycles. The van der Waals surface area contributed by atoms with Crippen LogP contribution in [-0.4, -0.2) is 23.7 Å². The van der Waals surface area contributed by atoms with E-state index in [-0.39, 0.29) is 12.5 Å². The second kappa shape index (κ2) is 7.34. The fourth-order valence-corrected chi connectivity index (χ4v) is 3.55.